The summed E-state index contributed by atoms with van der Waals surface area (Å²) in [5.41, 5.74) is 7.20. The Morgan fingerprint density at radius 2 is 1.84 bits per heavy atom. The van der Waals surface area contributed by atoms with Gasteiger partial charge in [-0.1, -0.05) is 36.4 Å². The van der Waals surface area contributed by atoms with E-state index in [0.717, 1.165) is 19.6 Å². The van der Waals surface area contributed by atoms with Gasteiger partial charge in [-0.05, 0) is 35.6 Å². The summed E-state index contributed by atoms with van der Waals surface area (Å²) < 4.78 is 0. The van der Waals surface area contributed by atoms with Gasteiger partial charge in [0.15, 0.2) is 0 Å². The van der Waals surface area contributed by atoms with Crippen LogP contribution in [-0.2, 0) is 19.4 Å². The number of hydrogen-bond donors (Lipinski definition) is 1. The van der Waals surface area contributed by atoms with Crippen molar-refractivity contribution in [2.45, 2.75) is 19.4 Å². The van der Waals surface area contributed by atoms with Crippen molar-refractivity contribution in [3.63, 3.8) is 0 Å². The average Bonchev–Trinajstić information content (AvgIpc) is 3.06. The molecule has 2 aliphatic rings. The molecule has 2 nitrogen and oxygen atoms in total. The molecule has 0 saturated heterocycles. The lowest BCUT2D eigenvalue weighted by atomic mass is 10.1. The zero-order valence-electron chi connectivity index (χ0n) is 11.0. The lowest BCUT2D eigenvalue weighted by Crippen LogP contribution is -2.20. The van der Waals surface area contributed by atoms with Gasteiger partial charge in [0.2, 0.25) is 0 Å². The topological polar surface area (TPSA) is 15.3 Å². The first-order valence-electron chi connectivity index (χ1n) is 7.09. The Balaban J connectivity index is 1.65. The van der Waals surface area contributed by atoms with Crippen LogP contribution in [0.4, 0.5) is 11.4 Å². The number of fused-ring (bicyclic) bond motifs is 2. The van der Waals surface area contributed by atoms with E-state index in [4.69, 9.17) is 0 Å². The Bertz CT molecular complexity index is 618. The first kappa shape index (κ1) is 10.9. The van der Waals surface area contributed by atoms with Gasteiger partial charge < -0.3 is 10.2 Å². The second-order valence-corrected chi connectivity index (χ2v) is 5.43. The summed E-state index contributed by atoms with van der Waals surface area (Å²) in [5, 5.41) is 3.54. The van der Waals surface area contributed by atoms with Gasteiger partial charge in [-0.3, -0.25) is 0 Å². The van der Waals surface area contributed by atoms with Crippen molar-refractivity contribution in [2.24, 2.45) is 0 Å². The third-order valence-electron chi connectivity index (χ3n) is 4.28. The summed E-state index contributed by atoms with van der Waals surface area (Å²) in [5.74, 6) is 0. The van der Waals surface area contributed by atoms with E-state index in [1.807, 2.05) is 0 Å². The standard InChI is InChI=1S/C17H18N2/c1-2-7-16-13(4-1)9-11-19(16)12-15-6-3-5-14-8-10-18-17(14)15/h1-7,18H,8-12H2. The van der Waals surface area contributed by atoms with Gasteiger partial charge in [-0.15, -0.1) is 0 Å². The van der Waals surface area contributed by atoms with Crippen LogP contribution in [-0.4, -0.2) is 13.1 Å². The van der Waals surface area contributed by atoms with E-state index >= 15 is 0 Å². The highest BCUT2D eigenvalue weighted by atomic mass is 15.1. The van der Waals surface area contributed by atoms with Crippen molar-refractivity contribution >= 4 is 11.4 Å². The first-order valence-corrected chi connectivity index (χ1v) is 7.09. The normalized spacial score (nSPS) is 16.1. The van der Waals surface area contributed by atoms with Crippen molar-refractivity contribution in [3.8, 4) is 0 Å². The van der Waals surface area contributed by atoms with Crippen LogP contribution < -0.4 is 10.2 Å². The summed E-state index contributed by atoms with van der Waals surface area (Å²) in [7, 11) is 0. The number of anilines is 2. The average molecular weight is 250 g/mol. The van der Waals surface area contributed by atoms with E-state index < -0.39 is 0 Å². The molecule has 2 heterocycles. The molecule has 2 heteroatoms. The molecule has 0 atom stereocenters. The third-order valence-corrected chi connectivity index (χ3v) is 4.28. The fourth-order valence-electron chi connectivity index (χ4n) is 3.32. The summed E-state index contributed by atoms with van der Waals surface area (Å²) >= 11 is 0. The number of benzene rings is 2. The third kappa shape index (κ3) is 1.79. The van der Waals surface area contributed by atoms with Crippen LogP contribution in [0.15, 0.2) is 42.5 Å². The Hall–Kier alpha value is -1.96. The maximum atomic E-state index is 3.54. The van der Waals surface area contributed by atoms with Crippen LogP contribution in [0.3, 0.4) is 0 Å². The molecular formula is C17H18N2. The smallest absolute Gasteiger partial charge is 0.0450 e. The molecule has 1 N–H and O–H groups in total. The summed E-state index contributed by atoms with van der Waals surface area (Å²) in [6.45, 7) is 3.25. The number of hydrogen-bond acceptors (Lipinski definition) is 2. The van der Waals surface area contributed by atoms with Crippen molar-refractivity contribution < 1.29 is 0 Å². The maximum Gasteiger partial charge on any atom is 0.0450 e. The molecule has 0 fully saturated rings. The van der Waals surface area contributed by atoms with Crippen LogP contribution >= 0.6 is 0 Å². The first-order chi connectivity index (χ1) is 9.42. The van der Waals surface area contributed by atoms with Gasteiger partial charge in [0.1, 0.15) is 0 Å². The number of rotatable bonds is 2. The minimum atomic E-state index is 1.02. The molecule has 0 saturated carbocycles. The van der Waals surface area contributed by atoms with Gasteiger partial charge in [-0.25, -0.2) is 0 Å². The van der Waals surface area contributed by atoms with Crippen molar-refractivity contribution in [3.05, 3.63) is 59.2 Å². The predicted molar refractivity (Wildman–Crippen MR) is 79.8 cm³/mol. The van der Waals surface area contributed by atoms with Crippen molar-refractivity contribution in [2.75, 3.05) is 23.3 Å². The largest absolute Gasteiger partial charge is 0.384 e. The highest BCUT2D eigenvalue weighted by Crippen LogP contribution is 2.32. The van der Waals surface area contributed by atoms with Gasteiger partial charge >= 0.3 is 0 Å². The molecule has 2 aromatic carbocycles. The van der Waals surface area contributed by atoms with E-state index in [1.165, 1.54) is 40.9 Å². The fraction of sp³-hybridized carbons (Fsp3) is 0.294. The van der Waals surface area contributed by atoms with Crippen LogP contribution in [0.5, 0.6) is 0 Å². The van der Waals surface area contributed by atoms with Crippen LogP contribution in [0, 0.1) is 0 Å². The second kappa shape index (κ2) is 4.30. The van der Waals surface area contributed by atoms with E-state index in [0.29, 0.717) is 0 Å². The van der Waals surface area contributed by atoms with Gasteiger partial charge in [0, 0.05) is 31.0 Å². The summed E-state index contributed by atoms with van der Waals surface area (Å²) in [6.07, 6.45) is 2.35. The molecule has 0 spiro atoms. The molecule has 96 valence electrons. The van der Waals surface area contributed by atoms with Crippen LogP contribution in [0.25, 0.3) is 0 Å². The number of para-hydroxylation sites is 2. The Morgan fingerprint density at radius 1 is 0.947 bits per heavy atom. The molecule has 0 aliphatic carbocycles. The molecule has 0 unspecified atom stereocenters. The van der Waals surface area contributed by atoms with Crippen LogP contribution in [0.1, 0.15) is 16.7 Å². The molecule has 0 radical (unpaired) electrons. The zero-order valence-corrected chi connectivity index (χ0v) is 11.0. The number of nitrogens with one attached hydrogen (secondary N) is 1. The predicted octanol–water partition coefficient (Wildman–Crippen LogP) is 3.22. The Kier molecular flexibility index (Phi) is 2.47. The van der Waals surface area contributed by atoms with E-state index in [-0.39, 0.29) is 0 Å². The monoisotopic (exact) mass is 250 g/mol. The highest BCUT2D eigenvalue weighted by Gasteiger charge is 2.21. The Labute approximate surface area is 114 Å². The van der Waals surface area contributed by atoms with Gasteiger partial charge in [0.05, 0.1) is 0 Å². The summed E-state index contributed by atoms with van der Waals surface area (Å²) in [6, 6.07) is 15.5. The highest BCUT2D eigenvalue weighted by molar-refractivity contribution is 5.64. The van der Waals surface area contributed by atoms with Gasteiger partial charge in [-0.2, -0.15) is 0 Å². The van der Waals surface area contributed by atoms with Crippen molar-refractivity contribution in [1.29, 1.82) is 0 Å². The van der Waals surface area contributed by atoms with Crippen LogP contribution in [0.2, 0.25) is 0 Å². The van der Waals surface area contributed by atoms with Crippen molar-refractivity contribution in [1.82, 2.24) is 0 Å². The molecule has 0 bridgehead atoms. The van der Waals surface area contributed by atoms with E-state index in [2.05, 4.69) is 52.7 Å². The summed E-state index contributed by atoms with van der Waals surface area (Å²) in [4.78, 5) is 2.50. The molecule has 0 amide bonds. The molecule has 2 aliphatic heterocycles. The minimum Gasteiger partial charge on any atom is -0.384 e. The minimum absolute atomic E-state index is 1.02. The molecular weight excluding hydrogens is 232 g/mol. The SMILES string of the molecule is c1ccc2c(c1)CCN2Cc1cccc2c1NCC2. The Morgan fingerprint density at radius 3 is 2.84 bits per heavy atom. The molecule has 2 aromatic rings. The lowest BCUT2D eigenvalue weighted by molar-refractivity contribution is 0.837. The quantitative estimate of drug-likeness (QED) is 0.880. The fourth-order valence-corrected chi connectivity index (χ4v) is 3.32. The second-order valence-electron chi connectivity index (χ2n) is 5.43. The lowest BCUT2D eigenvalue weighted by Gasteiger charge is -2.21. The molecule has 19 heavy (non-hydrogen) atoms. The molecule has 4 rings (SSSR count). The van der Waals surface area contributed by atoms with Gasteiger partial charge in [0.25, 0.3) is 0 Å². The van der Waals surface area contributed by atoms with E-state index in [9.17, 15) is 0 Å². The molecule has 0 aromatic heterocycles. The number of nitrogens with zero attached hydrogens (tertiary/aromatic N) is 1. The maximum absolute atomic E-state index is 3.54. The van der Waals surface area contributed by atoms with E-state index in [1.54, 1.807) is 0 Å². The zero-order chi connectivity index (χ0) is 12.7.